The van der Waals surface area contributed by atoms with Gasteiger partial charge in [0.1, 0.15) is 5.78 Å². The summed E-state index contributed by atoms with van der Waals surface area (Å²) in [4.78, 5) is 12.3. The van der Waals surface area contributed by atoms with Crippen molar-refractivity contribution in [3.63, 3.8) is 0 Å². The Morgan fingerprint density at radius 1 is 1.11 bits per heavy atom. The molecule has 0 saturated heterocycles. The summed E-state index contributed by atoms with van der Waals surface area (Å²) in [6, 6.07) is 14.3. The fourth-order valence-corrected chi connectivity index (χ4v) is 2.54. The zero-order valence-corrected chi connectivity index (χ0v) is 11.6. The van der Waals surface area contributed by atoms with Crippen molar-refractivity contribution in [1.29, 1.82) is 0 Å². The van der Waals surface area contributed by atoms with Crippen molar-refractivity contribution < 1.29 is 4.79 Å². The van der Waals surface area contributed by atoms with E-state index in [1.165, 1.54) is 5.39 Å². The molecule has 19 heavy (non-hydrogen) atoms. The summed E-state index contributed by atoms with van der Waals surface area (Å²) in [7, 11) is 0. The molecule has 2 aromatic carbocycles. The van der Waals surface area contributed by atoms with Gasteiger partial charge in [0.25, 0.3) is 0 Å². The SMILES string of the molecule is CC(C)C(CN)C(=O)Cc1cccc2ccccc12. The van der Waals surface area contributed by atoms with Crippen molar-refractivity contribution in [2.45, 2.75) is 20.3 Å². The van der Waals surface area contributed by atoms with Gasteiger partial charge in [0.05, 0.1) is 0 Å². The molecule has 0 aliphatic heterocycles. The molecular weight excluding hydrogens is 234 g/mol. The van der Waals surface area contributed by atoms with Crippen LogP contribution >= 0.6 is 0 Å². The zero-order valence-electron chi connectivity index (χ0n) is 11.6. The first-order valence-corrected chi connectivity index (χ1v) is 6.83. The van der Waals surface area contributed by atoms with E-state index in [0.29, 0.717) is 18.9 Å². The number of hydrogen-bond acceptors (Lipinski definition) is 2. The van der Waals surface area contributed by atoms with Gasteiger partial charge >= 0.3 is 0 Å². The lowest BCUT2D eigenvalue weighted by Crippen LogP contribution is -2.29. The van der Waals surface area contributed by atoms with E-state index in [4.69, 9.17) is 5.73 Å². The lowest BCUT2D eigenvalue weighted by atomic mass is 9.87. The minimum Gasteiger partial charge on any atom is -0.330 e. The highest BCUT2D eigenvalue weighted by atomic mass is 16.1. The van der Waals surface area contributed by atoms with E-state index >= 15 is 0 Å². The molecule has 1 atom stereocenters. The average Bonchev–Trinajstić information content (AvgIpc) is 2.39. The van der Waals surface area contributed by atoms with Crippen molar-refractivity contribution in [3.05, 3.63) is 48.0 Å². The van der Waals surface area contributed by atoms with E-state index in [1.807, 2.05) is 24.3 Å². The average molecular weight is 255 g/mol. The summed E-state index contributed by atoms with van der Waals surface area (Å²) >= 11 is 0. The Kier molecular flexibility index (Phi) is 4.33. The van der Waals surface area contributed by atoms with Gasteiger partial charge in [-0.3, -0.25) is 4.79 Å². The van der Waals surface area contributed by atoms with Crippen LogP contribution in [-0.2, 0) is 11.2 Å². The summed E-state index contributed by atoms with van der Waals surface area (Å²) < 4.78 is 0. The third-order valence-corrected chi connectivity index (χ3v) is 3.72. The van der Waals surface area contributed by atoms with Crippen molar-refractivity contribution in [1.82, 2.24) is 0 Å². The third-order valence-electron chi connectivity index (χ3n) is 3.72. The molecule has 0 aliphatic carbocycles. The molecule has 2 nitrogen and oxygen atoms in total. The molecule has 0 heterocycles. The lowest BCUT2D eigenvalue weighted by molar-refractivity contribution is -0.123. The molecule has 0 saturated carbocycles. The first-order chi connectivity index (χ1) is 9.13. The van der Waals surface area contributed by atoms with Crippen molar-refractivity contribution in [2.75, 3.05) is 6.54 Å². The predicted octanol–water partition coefficient (Wildman–Crippen LogP) is 3.18. The Labute approximate surface area is 114 Å². The summed E-state index contributed by atoms with van der Waals surface area (Å²) in [6.45, 7) is 4.54. The van der Waals surface area contributed by atoms with Gasteiger partial charge in [0, 0.05) is 18.9 Å². The summed E-state index contributed by atoms with van der Waals surface area (Å²) in [5.41, 5.74) is 6.82. The van der Waals surface area contributed by atoms with Gasteiger partial charge in [0.15, 0.2) is 0 Å². The fraction of sp³-hybridized carbons (Fsp3) is 0.353. The first-order valence-electron chi connectivity index (χ1n) is 6.83. The van der Waals surface area contributed by atoms with Crippen LogP contribution in [-0.4, -0.2) is 12.3 Å². The lowest BCUT2D eigenvalue weighted by Gasteiger charge is -2.17. The summed E-state index contributed by atoms with van der Waals surface area (Å²) in [6.07, 6.45) is 0.474. The van der Waals surface area contributed by atoms with E-state index in [2.05, 4.69) is 32.0 Å². The number of carbonyl (C=O) groups excluding carboxylic acids is 1. The minimum atomic E-state index is -0.0426. The van der Waals surface area contributed by atoms with Crippen LogP contribution in [0.5, 0.6) is 0 Å². The number of nitrogens with two attached hydrogens (primary N) is 1. The second kappa shape index (κ2) is 5.98. The Morgan fingerprint density at radius 3 is 2.47 bits per heavy atom. The van der Waals surface area contributed by atoms with E-state index in [-0.39, 0.29) is 11.7 Å². The number of rotatable bonds is 5. The number of Topliss-reactive ketones (excluding diaryl/α,β-unsaturated/α-hetero) is 1. The molecule has 1 unspecified atom stereocenters. The van der Waals surface area contributed by atoms with Gasteiger partial charge in [-0.15, -0.1) is 0 Å². The molecule has 0 amide bonds. The normalized spacial score (nSPS) is 12.8. The molecule has 2 rings (SSSR count). The molecule has 0 aliphatic rings. The Morgan fingerprint density at radius 2 is 1.79 bits per heavy atom. The van der Waals surface area contributed by atoms with E-state index in [9.17, 15) is 4.79 Å². The number of hydrogen-bond donors (Lipinski definition) is 1. The minimum absolute atomic E-state index is 0.0426. The highest BCUT2D eigenvalue weighted by Gasteiger charge is 2.20. The molecule has 0 bridgehead atoms. The van der Waals surface area contributed by atoms with E-state index in [0.717, 1.165) is 10.9 Å². The highest BCUT2D eigenvalue weighted by Crippen LogP contribution is 2.21. The van der Waals surface area contributed by atoms with Crippen molar-refractivity contribution >= 4 is 16.6 Å². The van der Waals surface area contributed by atoms with Gasteiger partial charge in [-0.05, 0) is 22.3 Å². The van der Waals surface area contributed by atoms with Gasteiger partial charge in [-0.2, -0.15) is 0 Å². The molecule has 0 spiro atoms. The van der Waals surface area contributed by atoms with Gasteiger partial charge in [-0.1, -0.05) is 56.3 Å². The van der Waals surface area contributed by atoms with Crippen LogP contribution in [0.25, 0.3) is 10.8 Å². The largest absolute Gasteiger partial charge is 0.330 e. The number of benzene rings is 2. The molecule has 0 radical (unpaired) electrons. The molecule has 2 heteroatoms. The van der Waals surface area contributed by atoms with Crippen LogP contribution in [0.4, 0.5) is 0 Å². The summed E-state index contributed by atoms with van der Waals surface area (Å²) in [5.74, 6) is 0.500. The van der Waals surface area contributed by atoms with E-state index in [1.54, 1.807) is 0 Å². The molecule has 2 N–H and O–H groups in total. The van der Waals surface area contributed by atoms with Gasteiger partial charge in [-0.25, -0.2) is 0 Å². The second-order valence-electron chi connectivity index (χ2n) is 5.37. The number of ketones is 1. The van der Waals surface area contributed by atoms with Crippen LogP contribution in [0.3, 0.4) is 0 Å². The molecular formula is C17H21NO. The van der Waals surface area contributed by atoms with Gasteiger partial charge < -0.3 is 5.73 Å². The quantitative estimate of drug-likeness (QED) is 0.891. The Balaban J connectivity index is 2.29. The summed E-state index contributed by atoms with van der Waals surface area (Å²) in [5, 5.41) is 2.35. The maximum atomic E-state index is 12.3. The highest BCUT2D eigenvalue weighted by molar-refractivity contribution is 5.91. The second-order valence-corrected chi connectivity index (χ2v) is 5.37. The van der Waals surface area contributed by atoms with Crippen LogP contribution in [0, 0.1) is 11.8 Å². The molecule has 2 aromatic rings. The topological polar surface area (TPSA) is 43.1 Å². The van der Waals surface area contributed by atoms with E-state index < -0.39 is 0 Å². The predicted molar refractivity (Wildman–Crippen MR) is 80.0 cm³/mol. The van der Waals surface area contributed by atoms with Crippen molar-refractivity contribution in [2.24, 2.45) is 17.6 Å². The standard InChI is InChI=1S/C17H21NO/c1-12(2)16(11-18)17(19)10-14-8-5-7-13-6-3-4-9-15(13)14/h3-9,12,16H,10-11,18H2,1-2H3. The molecule has 100 valence electrons. The zero-order chi connectivity index (χ0) is 13.8. The smallest absolute Gasteiger partial charge is 0.141 e. The van der Waals surface area contributed by atoms with Crippen LogP contribution < -0.4 is 5.73 Å². The first kappa shape index (κ1) is 13.8. The fourth-order valence-electron chi connectivity index (χ4n) is 2.54. The monoisotopic (exact) mass is 255 g/mol. The number of carbonyl (C=O) groups is 1. The molecule has 0 fully saturated rings. The maximum Gasteiger partial charge on any atom is 0.141 e. The van der Waals surface area contributed by atoms with Crippen LogP contribution in [0.2, 0.25) is 0 Å². The number of fused-ring (bicyclic) bond motifs is 1. The van der Waals surface area contributed by atoms with Crippen molar-refractivity contribution in [3.8, 4) is 0 Å². The molecule has 0 aromatic heterocycles. The Bertz CT molecular complexity index is 569. The van der Waals surface area contributed by atoms with Crippen LogP contribution in [0.1, 0.15) is 19.4 Å². The van der Waals surface area contributed by atoms with Crippen LogP contribution in [0.15, 0.2) is 42.5 Å². The Hall–Kier alpha value is -1.67. The van der Waals surface area contributed by atoms with Gasteiger partial charge in [0.2, 0.25) is 0 Å². The third kappa shape index (κ3) is 3.02. The maximum absolute atomic E-state index is 12.3.